The van der Waals surface area contributed by atoms with E-state index in [0.29, 0.717) is 22.4 Å². The molecule has 4 aromatic carbocycles. The van der Waals surface area contributed by atoms with Gasteiger partial charge in [0.1, 0.15) is 77.9 Å². The molecule has 2 fully saturated rings. The maximum Gasteiger partial charge on any atom is 0.229 e. The van der Waals surface area contributed by atoms with E-state index in [1.54, 1.807) is 36.4 Å². The number of hydrogen-bond acceptors (Lipinski definition) is 18. The van der Waals surface area contributed by atoms with Crippen LogP contribution in [-0.4, -0.2) is 141 Å². The maximum atomic E-state index is 11.2. The fraction of sp³-hybridized carbons (Fsp3) is 0.350. The molecule has 0 radical (unpaired) electrons. The summed E-state index contributed by atoms with van der Waals surface area (Å²) in [6.07, 6.45) is -14.5. The molecule has 7 rings (SSSR count). The number of rotatable bonds is 10. The van der Waals surface area contributed by atoms with Gasteiger partial charge in [-0.15, -0.1) is 0 Å². The van der Waals surface area contributed by atoms with Gasteiger partial charge in [0.15, 0.2) is 23.0 Å². The zero-order valence-corrected chi connectivity index (χ0v) is 30.2. The molecule has 0 aromatic heterocycles. The van der Waals surface area contributed by atoms with Crippen LogP contribution in [0.4, 0.5) is 0 Å². The van der Waals surface area contributed by atoms with Gasteiger partial charge in [0.2, 0.25) is 12.6 Å². The minimum absolute atomic E-state index is 0.0299. The fourth-order valence-corrected chi connectivity index (χ4v) is 7.24. The number of ether oxygens (including phenoxy) is 5. The summed E-state index contributed by atoms with van der Waals surface area (Å²) in [6.45, 7) is -1.47. The van der Waals surface area contributed by atoms with Crippen LogP contribution in [0.3, 0.4) is 0 Å². The molecule has 0 amide bonds. The number of aromatic hydroxyl groups is 5. The molecule has 0 bridgehead atoms. The topological polar surface area (TPSA) is 309 Å². The normalized spacial score (nSPS) is 30.8. The molecule has 2 saturated heterocycles. The number of phenols is 5. The Morgan fingerprint density at radius 1 is 0.534 bits per heavy atom. The lowest BCUT2D eigenvalue weighted by atomic mass is 9.83. The van der Waals surface area contributed by atoms with E-state index in [1.807, 2.05) is 0 Å². The minimum Gasteiger partial charge on any atom is -0.508 e. The van der Waals surface area contributed by atoms with Crippen LogP contribution in [-0.2, 0) is 9.47 Å². The van der Waals surface area contributed by atoms with E-state index in [2.05, 4.69) is 0 Å². The number of aliphatic hydroxyl groups is 8. The highest BCUT2D eigenvalue weighted by Crippen LogP contribution is 2.54. The molecule has 12 atom stereocenters. The van der Waals surface area contributed by atoms with Crippen molar-refractivity contribution in [2.75, 3.05) is 13.2 Å². The second kappa shape index (κ2) is 16.5. The Hall–Kier alpha value is -5.38. The Bertz CT molecular complexity index is 2120. The lowest BCUT2D eigenvalue weighted by Crippen LogP contribution is -2.60. The van der Waals surface area contributed by atoms with E-state index >= 15 is 0 Å². The van der Waals surface area contributed by atoms with E-state index < -0.39 is 104 Å². The van der Waals surface area contributed by atoms with Crippen molar-refractivity contribution in [1.82, 2.24) is 0 Å². The van der Waals surface area contributed by atoms with Crippen molar-refractivity contribution in [2.24, 2.45) is 0 Å². The van der Waals surface area contributed by atoms with Crippen molar-refractivity contribution in [3.05, 3.63) is 94.5 Å². The highest BCUT2D eigenvalue weighted by atomic mass is 16.7. The molecule has 0 saturated carbocycles. The molecule has 4 aromatic rings. The molecule has 18 nitrogen and oxygen atoms in total. The number of benzene rings is 4. The molecule has 18 heteroatoms. The van der Waals surface area contributed by atoms with Gasteiger partial charge in [0.05, 0.1) is 19.1 Å². The number of aliphatic hydroxyl groups excluding tert-OH is 8. The molecule has 58 heavy (non-hydrogen) atoms. The summed E-state index contributed by atoms with van der Waals surface area (Å²) >= 11 is 0. The molecule has 13 N–H and O–H groups in total. The van der Waals surface area contributed by atoms with Crippen molar-refractivity contribution in [3.63, 3.8) is 0 Å². The molecule has 0 aliphatic carbocycles. The van der Waals surface area contributed by atoms with Crippen LogP contribution in [0, 0.1) is 0 Å². The van der Waals surface area contributed by atoms with Gasteiger partial charge in [0, 0.05) is 28.8 Å². The molecular weight excluding hydrogens is 768 g/mol. The molecule has 0 spiro atoms. The first-order valence-electron chi connectivity index (χ1n) is 18.0. The molecule has 310 valence electrons. The smallest absolute Gasteiger partial charge is 0.229 e. The Labute approximate surface area is 329 Å². The molecule has 3 heterocycles. The largest absolute Gasteiger partial charge is 0.508 e. The average molecular weight is 811 g/mol. The van der Waals surface area contributed by atoms with Crippen LogP contribution in [0.25, 0.3) is 12.2 Å². The van der Waals surface area contributed by atoms with E-state index in [-0.39, 0.29) is 34.1 Å². The molecule has 0 unspecified atom stereocenters. The van der Waals surface area contributed by atoms with Crippen LogP contribution in [0.1, 0.15) is 39.8 Å². The monoisotopic (exact) mass is 810 g/mol. The highest BCUT2D eigenvalue weighted by molar-refractivity contribution is 5.76. The summed E-state index contributed by atoms with van der Waals surface area (Å²) in [4.78, 5) is 0. The third-order valence-electron chi connectivity index (χ3n) is 10.3. The summed E-state index contributed by atoms with van der Waals surface area (Å²) in [5, 5.41) is 135. The van der Waals surface area contributed by atoms with Gasteiger partial charge >= 0.3 is 0 Å². The van der Waals surface area contributed by atoms with Crippen LogP contribution in [0.15, 0.2) is 66.7 Å². The standard InChI is InChI=1S/C40H42O18/c41-14-27-30(48)32(50)34(52)39(55-27)57-36-18(10-20(44)12-24(36)46)3-1-16-2-8-26-22(9-16)29(37(54-26)17-4-6-19(43)7-5-17)23-11-21(45)13-25(47)38(23)58-40-35(53)33(51)31(49)28(15-42)56-40/h1-13,27-35,37,39-53H,14-15H2/b3-1+/t27-,28-,29-,30-,31-,32+,33+,34-,35-,37-,39+,40+/m1/s1. The SMILES string of the molecule is OC[C@H]1O[C@@H](Oc2c(O)cc(O)cc2/C=C/c2ccc3c(c2)[C@H](c2cc(O)cc(O)c2O[C@@H]2O[C@H](CO)[C@@H](O)[C@H](O)[C@H]2O)[C@@H](c2ccc(O)cc2)O3)[C@H](O)[C@@H](O)[C@@H]1O. The number of hydrogen-bond donors (Lipinski definition) is 13. The quantitative estimate of drug-likeness (QED) is 0.0939. The van der Waals surface area contributed by atoms with Crippen molar-refractivity contribution in [2.45, 2.75) is 73.4 Å². The van der Waals surface area contributed by atoms with Crippen molar-refractivity contribution in [1.29, 1.82) is 0 Å². The van der Waals surface area contributed by atoms with Gasteiger partial charge in [-0.2, -0.15) is 0 Å². The van der Waals surface area contributed by atoms with Gasteiger partial charge in [-0.1, -0.05) is 30.4 Å². The minimum atomic E-state index is -1.85. The Kier molecular flexibility index (Phi) is 11.6. The average Bonchev–Trinajstić information content (AvgIpc) is 3.57. The first-order valence-corrected chi connectivity index (χ1v) is 18.0. The fourth-order valence-electron chi connectivity index (χ4n) is 7.24. The van der Waals surface area contributed by atoms with Gasteiger partial charge in [0.25, 0.3) is 0 Å². The second-order valence-corrected chi connectivity index (χ2v) is 14.1. The number of phenolic OH excluding ortho intramolecular Hbond substituents is 5. The van der Waals surface area contributed by atoms with Crippen molar-refractivity contribution >= 4 is 12.2 Å². The predicted molar refractivity (Wildman–Crippen MR) is 197 cm³/mol. The van der Waals surface area contributed by atoms with Gasteiger partial charge in [-0.05, 0) is 47.5 Å². The second-order valence-electron chi connectivity index (χ2n) is 14.1. The first kappa shape index (κ1) is 40.8. The maximum absolute atomic E-state index is 11.2. The van der Waals surface area contributed by atoms with Gasteiger partial charge in [-0.3, -0.25) is 0 Å². The van der Waals surface area contributed by atoms with Gasteiger partial charge < -0.3 is 90.1 Å². The lowest BCUT2D eigenvalue weighted by Gasteiger charge is -2.40. The van der Waals surface area contributed by atoms with Gasteiger partial charge in [-0.25, -0.2) is 0 Å². The summed E-state index contributed by atoms with van der Waals surface area (Å²) < 4.78 is 29.1. The van der Waals surface area contributed by atoms with Crippen molar-refractivity contribution < 1.29 is 90.1 Å². The summed E-state index contributed by atoms with van der Waals surface area (Å²) in [5.74, 6) is -3.13. The van der Waals surface area contributed by atoms with E-state index in [1.165, 1.54) is 30.3 Å². The first-order chi connectivity index (χ1) is 27.7. The predicted octanol–water partition coefficient (Wildman–Crippen LogP) is 0.00800. The van der Waals surface area contributed by atoms with Crippen LogP contribution in [0.5, 0.6) is 46.0 Å². The molecular formula is C40H42O18. The summed E-state index contributed by atoms with van der Waals surface area (Å²) in [5.41, 5.74) is 1.68. The summed E-state index contributed by atoms with van der Waals surface area (Å²) in [6, 6.07) is 15.5. The number of fused-ring (bicyclic) bond motifs is 1. The molecule has 3 aliphatic heterocycles. The van der Waals surface area contributed by atoms with Crippen molar-refractivity contribution in [3.8, 4) is 46.0 Å². The summed E-state index contributed by atoms with van der Waals surface area (Å²) in [7, 11) is 0. The lowest BCUT2D eigenvalue weighted by molar-refractivity contribution is -0.277. The van der Waals surface area contributed by atoms with E-state index in [0.717, 1.165) is 12.1 Å². The Morgan fingerprint density at radius 2 is 1.09 bits per heavy atom. The van der Waals surface area contributed by atoms with Crippen LogP contribution >= 0.6 is 0 Å². The third-order valence-corrected chi connectivity index (χ3v) is 10.3. The molecule has 3 aliphatic rings. The zero-order chi connectivity index (χ0) is 41.6. The van der Waals surface area contributed by atoms with Crippen LogP contribution in [0.2, 0.25) is 0 Å². The Balaban J connectivity index is 1.27. The van der Waals surface area contributed by atoms with E-state index in [9.17, 15) is 66.4 Å². The third kappa shape index (κ3) is 7.77. The van der Waals surface area contributed by atoms with Crippen LogP contribution < -0.4 is 14.2 Å². The zero-order valence-electron chi connectivity index (χ0n) is 30.2. The highest BCUT2D eigenvalue weighted by Gasteiger charge is 2.47. The Morgan fingerprint density at radius 3 is 1.67 bits per heavy atom. The van der Waals surface area contributed by atoms with E-state index in [4.69, 9.17) is 23.7 Å².